The molecule has 2 aromatic rings. The minimum atomic E-state index is -0.490. The number of benzene rings is 1. The summed E-state index contributed by atoms with van der Waals surface area (Å²) < 4.78 is 15.4. The molecular formula is C20H26N2O5S. The molecule has 1 aromatic heterocycles. The summed E-state index contributed by atoms with van der Waals surface area (Å²) in [5.74, 6) is 0.124. The maximum absolute atomic E-state index is 12.9. The third-order valence-corrected chi connectivity index (χ3v) is 4.83. The number of rotatable bonds is 11. The lowest BCUT2D eigenvalue weighted by molar-refractivity contribution is 0.0594. The van der Waals surface area contributed by atoms with Crippen molar-refractivity contribution in [1.29, 1.82) is 0 Å². The molecule has 152 valence electrons. The number of thiazole rings is 1. The molecule has 1 amide bonds. The molecule has 0 aliphatic carbocycles. The molecule has 2 rings (SSSR count). The molecule has 0 spiro atoms. The van der Waals surface area contributed by atoms with Gasteiger partial charge in [-0.3, -0.25) is 4.79 Å². The van der Waals surface area contributed by atoms with Crippen molar-refractivity contribution < 1.29 is 23.8 Å². The first kappa shape index (κ1) is 21.8. The highest BCUT2D eigenvalue weighted by molar-refractivity contribution is 7.09. The molecule has 0 fully saturated rings. The second-order valence-electron chi connectivity index (χ2n) is 6.06. The van der Waals surface area contributed by atoms with Gasteiger partial charge in [-0.2, -0.15) is 0 Å². The number of amides is 1. The summed E-state index contributed by atoms with van der Waals surface area (Å²) in [7, 11) is 2.90. The van der Waals surface area contributed by atoms with Crippen molar-refractivity contribution in [2.75, 3.05) is 34.0 Å². The van der Waals surface area contributed by atoms with Crippen molar-refractivity contribution in [3.63, 3.8) is 0 Å². The molecule has 1 aromatic carbocycles. The van der Waals surface area contributed by atoms with Crippen LogP contribution in [0.2, 0.25) is 0 Å². The molecule has 0 aliphatic heterocycles. The summed E-state index contributed by atoms with van der Waals surface area (Å²) in [6.07, 6.45) is 2.06. The van der Waals surface area contributed by atoms with Crippen LogP contribution >= 0.6 is 11.3 Å². The number of carbonyl (C=O) groups excluding carboxylic acids is 2. The van der Waals surface area contributed by atoms with E-state index in [-0.39, 0.29) is 11.6 Å². The van der Waals surface area contributed by atoms with Gasteiger partial charge in [-0.1, -0.05) is 13.3 Å². The fourth-order valence-corrected chi connectivity index (χ4v) is 3.19. The summed E-state index contributed by atoms with van der Waals surface area (Å²) in [4.78, 5) is 30.4. The molecule has 0 N–H and O–H groups in total. The molecule has 0 radical (unpaired) electrons. The Morgan fingerprint density at radius 3 is 2.54 bits per heavy atom. The topological polar surface area (TPSA) is 78.0 Å². The third-order valence-electron chi connectivity index (χ3n) is 3.99. The van der Waals surface area contributed by atoms with Crippen LogP contribution in [-0.4, -0.2) is 55.7 Å². The Morgan fingerprint density at radius 1 is 1.14 bits per heavy atom. The minimum Gasteiger partial charge on any atom is -0.494 e. The Bertz CT molecular complexity index is 760. The fraction of sp³-hybridized carbons (Fsp3) is 0.450. The molecular weight excluding hydrogens is 380 g/mol. The first-order valence-electron chi connectivity index (χ1n) is 9.12. The van der Waals surface area contributed by atoms with Gasteiger partial charge in [0.15, 0.2) is 5.69 Å². The van der Waals surface area contributed by atoms with Crippen molar-refractivity contribution in [3.05, 3.63) is 45.9 Å². The van der Waals surface area contributed by atoms with Crippen molar-refractivity contribution in [2.45, 2.75) is 26.3 Å². The third kappa shape index (κ3) is 6.31. The number of aromatic nitrogens is 1. The Balaban J connectivity index is 2.07. The van der Waals surface area contributed by atoms with E-state index >= 15 is 0 Å². The zero-order valence-corrected chi connectivity index (χ0v) is 17.3. The molecule has 7 nitrogen and oxygen atoms in total. The van der Waals surface area contributed by atoms with Crippen molar-refractivity contribution in [3.8, 4) is 5.75 Å². The number of hydrogen-bond acceptors (Lipinski definition) is 7. The van der Waals surface area contributed by atoms with Crippen LogP contribution in [0.1, 0.15) is 45.6 Å². The summed E-state index contributed by atoms with van der Waals surface area (Å²) >= 11 is 1.31. The number of esters is 1. The van der Waals surface area contributed by atoms with E-state index in [1.54, 1.807) is 41.7 Å². The predicted molar refractivity (Wildman–Crippen MR) is 107 cm³/mol. The van der Waals surface area contributed by atoms with Crippen molar-refractivity contribution in [1.82, 2.24) is 9.88 Å². The normalized spacial score (nSPS) is 10.5. The Kier molecular flexibility index (Phi) is 8.90. The average molecular weight is 407 g/mol. The van der Waals surface area contributed by atoms with Crippen LogP contribution < -0.4 is 4.74 Å². The van der Waals surface area contributed by atoms with Gasteiger partial charge < -0.3 is 19.1 Å². The first-order valence-corrected chi connectivity index (χ1v) is 10.0. The van der Waals surface area contributed by atoms with E-state index in [4.69, 9.17) is 9.47 Å². The standard InChI is InChI=1S/C20H26N2O5S/c1-4-5-11-27-16-8-6-15(7-9-16)19(23)22(10-12-25-2)13-18-21-17(14-28-18)20(24)26-3/h6-9,14H,4-5,10-13H2,1-3H3. The SMILES string of the molecule is CCCCOc1ccc(C(=O)N(CCOC)Cc2nc(C(=O)OC)cs2)cc1. The van der Waals surface area contributed by atoms with Crippen LogP contribution in [-0.2, 0) is 16.0 Å². The van der Waals surface area contributed by atoms with Gasteiger partial charge in [0.2, 0.25) is 0 Å². The second-order valence-corrected chi connectivity index (χ2v) is 7.01. The molecule has 0 atom stereocenters. The van der Waals surface area contributed by atoms with Gasteiger partial charge in [-0.15, -0.1) is 11.3 Å². The van der Waals surface area contributed by atoms with Gasteiger partial charge in [0, 0.05) is 24.6 Å². The van der Waals surface area contributed by atoms with E-state index in [2.05, 4.69) is 16.6 Å². The molecule has 28 heavy (non-hydrogen) atoms. The minimum absolute atomic E-state index is 0.132. The van der Waals surface area contributed by atoms with Gasteiger partial charge in [-0.05, 0) is 30.7 Å². The van der Waals surface area contributed by atoms with Crippen LogP contribution in [0.3, 0.4) is 0 Å². The van der Waals surface area contributed by atoms with Crippen LogP contribution in [0.15, 0.2) is 29.6 Å². The Morgan fingerprint density at radius 2 is 1.89 bits per heavy atom. The quantitative estimate of drug-likeness (QED) is 0.420. The molecule has 0 saturated carbocycles. The molecule has 1 heterocycles. The lowest BCUT2D eigenvalue weighted by Gasteiger charge is -2.21. The Hall–Kier alpha value is -2.45. The van der Waals surface area contributed by atoms with Crippen molar-refractivity contribution in [2.24, 2.45) is 0 Å². The monoisotopic (exact) mass is 406 g/mol. The molecule has 0 aliphatic rings. The summed E-state index contributed by atoms with van der Waals surface area (Å²) in [5, 5.41) is 2.28. The van der Waals surface area contributed by atoms with E-state index in [0.717, 1.165) is 18.6 Å². The smallest absolute Gasteiger partial charge is 0.357 e. The summed E-state index contributed by atoms with van der Waals surface area (Å²) in [6.45, 7) is 3.88. The van der Waals surface area contributed by atoms with E-state index < -0.39 is 5.97 Å². The lowest BCUT2D eigenvalue weighted by Crippen LogP contribution is -2.33. The second kappa shape index (κ2) is 11.4. The van der Waals surface area contributed by atoms with E-state index in [9.17, 15) is 9.59 Å². The predicted octanol–water partition coefficient (Wildman–Crippen LogP) is 3.40. The Labute approximate surface area is 169 Å². The van der Waals surface area contributed by atoms with Crippen molar-refractivity contribution >= 4 is 23.2 Å². The van der Waals surface area contributed by atoms with Crippen LogP contribution in [0.25, 0.3) is 0 Å². The highest BCUT2D eigenvalue weighted by Gasteiger charge is 2.19. The van der Waals surface area contributed by atoms with Gasteiger partial charge in [0.1, 0.15) is 10.8 Å². The maximum Gasteiger partial charge on any atom is 0.357 e. The molecule has 0 unspecified atom stereocenters. The number of unbranched alkanes of at least 4 members (excludes halogenated alkanes) is 1. The van der Waals surface area contributed by atoms with E-state index in [1.165, 1.54) is 18.4 Å². The van der Waals surface area contributed by atoms with E-state index in [1.807, 2.05) is 0 Å². The van der Waals surface area contributed by atoms with Crippen LogP contribution in [0.4, 0.5) is 0 Å². The molecule has 8 heteroatoms. The summed E-state index contributed by atoms with van der Waals surface area (Å²) in [6, 6.07) is 7.11. The largest absolute Gasteiger partial charge is 0.494 e. The van der Waals surface area contributed by atoms with Gasteiger partial charge in [-0.25, -0.2) is 9.78 Å². The lowest BCUT2D eigenvalue weighted by atomic mass is 10.2. The summed E-state index contributed by atoms with van der Waals surface area (Å²) in [5.41, 5.74) is 0.805. The van der Waals surface area contributed by atoms with Gasteiger partial charge in [0.05, 0.1) is 26.9 Å². The van der Waals surface area contributed by atoms with E-state index in [0.29, 0.717) is 36.9 Å². The highest BCUT2D eigenvalue weighted by Crippen LogP contribution is 2.18. The average Bonchev–Trinajstić information content (AvgIpc) is 3.19. The number of hydrogen-bond donors (Lipinski definition) is 0. The number of carbonyl (C=O) groups is 2. The molecule has 0 saturated heterocycles. The fourth-order valence-electron chi connectivity index (χ4n) is 2.41. The zero-order chi connectivity index (χ0) is 20.4. The zero-order valence-electron chi connectivity index (χ0n) is 16.5. The first-order chi connectivity index (χ1) is 13.6. The number of ether oxygens (including phenoxy) is 3. The van der Waals surface area contributed by atoms with Crippen LogP contribution in [0, 0.1) is 0 Å². The highest BCUT2D eigenvalue weighted by atomic mass is 32.1. The number of methoxy groups -OCH3 is 2. The maximum atomic E-state index is 12.9. The molecule has 0 bridgehead atoms. The van der Waals surface area contributed by atoms with Crippen LogP contribution in [0.5, 0.6) is 5.75 Å². The van der Waals surface area contributed by atoms with Gasteiger partial charge in [0.25, 0.3) is 5.91 Å². The van der Waals surface area contributed by atoms with Gasteiger partial charge >= 0.3 is 5.97 Å². The number of nitrogens with zero attached hydrogens (tertiary/aromatic N) is 2.